The van der Waals surface area contributed by atoms with Crippen molar-refractivity contribution in [3.63, 3.8) is 0 Å². The number of guanidine groups is 1. The van der Waals surface area contributed by atoms with E-state index >= 15 is 0 Å². The number of nitrogens with one attached hydrogen (secondary N) is 2. The van der Waals surface area contributed by atoms with Crippen molar-refractivity contribution in [2.24, 2.45) is 4.99 Å². The number of morpholine rings is 1. The minimum Gasteiger partial charge on any atom is -0.379 e. The van der Waals surface area contributed by atoms with Crippen LogP contribution in [-0.2, 0) is 30.9 Å². The van der Waals surface area contributed by atoms with Crippen LogP contribution in [-0.4, -0.2) is 59.0 Å². The number of aryl methyl sites for hydroxylation is 1. The van der Waals surface area contributed by atoms with Crippen LogP contribution < -0.4 is 10.6 Å². The van der Waals surface area contributed by atoms with E-state index in [2.05, 4.69) is 61.9 Å². The van der Waals surface area contributed by atoms with Gasteiger partial charge in [-0.25, -0.2) is 0 Å². The summed E-state index contributed by atoms with van der Waals surface area (Å²) in [6, 6.07) is 8.56. The van der Waals surface area contributed by atoms with Gasteiger partial charge in [0.25, 0.3) is 0 Å². The maximum atomic E-state index is 5.45. The Labute approximate surface area is 160 Å². The third-order valence-electron chi connectivity index (χ3n) is 4.74. The zero-order valence-corrected chi connectivity index (χ0v) is 16.2. The van der Waals surface area contributed by atoms with Gasteiger partial charge in [-0.1, -0.05) is 24.3 Å². The highest BCUT2D eigenvalue weighted by atomic mass is 16.5. The summed E-state index contributed by atoms with van der Waals surface area (Å²) < 4.78 is 7.46. The van der Waals surface area contributed by atoms with E-state index in [1.54, 1.807) is 13.4 Å². The summed E-state index contributed by atoms with van der Waals surface area (Å²) in [7, 11) is 1.78. The maximum absolute atomic E-state index is 5.45. The Balaban J connectivity index is 1.55. The number of aromatic nitrogens is 3. The van der Waals surface area contributed by atoms with Crippen LogP contribution in [0.3, 0.4) is 0 Å². The van der Waals surface area contributed by atoms with Gasteiger partial charge in [-0.15, -0.1) is 10.2 Å². The van der Waals surface area contributed by atoms with E-state index in [4.69, 9.17) is 4.74 Å². The van der Waals surface area contributed by atoms with E-state index < -0.39 is 0 Å². The minimum atomic E-state index is 0.586. The first-order valence-corrected chi connectivity index (χ1v) is 9.48. The van der Waals surface area contributed by atoms with Crippen LogP contribution in [0.4, 0.5) is 0 Å². The molecular weight excluding hydrogens is 342 g/mol. The molecule has 0 bridgehead atoms. The second-order valence-corrected chi connectivity index (χ2v) is 6.47. The molecule has 8 heteroatoms. The quantitative estimate of drug-likeness (QED) is 0.558. The van der Waals surface area contributed by atoms with Gasteiger partial charge >= 0.3 is 0 Å². The van der Waals surface area contributed by atoms with Crippen LogP contribution in [0.2, 0.25) is 0 Å². The van der Waals surface area contributed by atoms with Crippen LogP contribution >= 0.6 is 0 Å². The van der Waals surface area contributed by atoms with Gasteiger partial charge in [0, 0.05) is 39.8 Å². The van der Waals surface area contributed by atoms with Gasteiger partial charge in [-0.05, 0) is 18.1 Å². The number of benzene rings is 1. The molecule has 0 radical (unpaired) electrons. The Kier molecular flexibility index (Phi) is 7.18. The topological polar surface area (TPSA) is 79.6 Å². The van der Waals surface area contributed by atoms with E-state index in [0.717, 1.165) is 57.7 Å². The molecule has 27 heavy (non-hydrogen) atoms. The van der Waals surface area contributed by atoms with Crippen molar-refractivity contribution in [2.75, 3.05) is 33.4 Å². The van der Waals surface area contributed by atoms with Gasteiger partial charge in [-0.3, -0.25) is 9.89 Å². The van der Waals surface area contributed by atoms with Gasteiger partial charge in [-0.2, -0.15) is 0 Å². The summed E-state index contributed by atoms with van der Waals surface area (Å²) in [6.07, 6.45) is 1.75. The van der Waals surface area contributed by atoms with Crippen LogP contribution in [0.1, 0.15) is 23.9 Å². The van der Waals surface area contributed by atoms with Gasteiger partial charge < -0.3 is 19.9 Å². The van der Waals surface area contributed by atoms with Crippen LogP contribution in [0.25, 0.3) is 0 Å². The Morgan fingerprint density at radius 3 is 2.63 bits per heavy atom. The molecule has 0 aliphatic carbocycles. The van der Waals surface area contributed by atoms with E-state index in [0.29, 0.717) is 6.54 Å². The minimum absolute atomic E-state index is 0.586. The lowest BCUT2D eigenvalue weighted by molar-refractivity contribution is 0.0341. The van der Waals surface area contributed by atoms with Crippen molar-refractivity contribution in [2.45, 2.75) is 33.1 Å². The summed E-state index contributed by atoms with van der Waals surface area (Å²) in [5, 5.41) is 14.8. The molecule has 8 nitrogen and oxygen atoms in total. The normalized spacial score (nSPS) is 15.7. The number of aliphatic imine (C=N–C) groups is 1. The zero-order valence-electron chi connectivity index (χ0n) is 16.2. The van der Waals surface area contributed by atoms with Crippen LogP contribution in [0, 0.1) is 0 Å². The molecule has 1 aliphatic heterocycles. The molecule has 1 fully saturated rings. The largest absolute Gasteiger partial charge is 0.379 e. The fourth-order valence-electron chi connectivity index (χ4n) is 3.13. The summed E-state index contributed by atoms with van der Waals surface area (Å²) >= 11 is 0. The Hall–Kier alpha value is -2.45. The Bertz CT molecular complexity index is 737. The van der Waals surface area contributed by atoms with Crippen molar-refractivity contribution in [1.82, 2.24) is 30.3 Å². The molecule has 1 aliphatic rings. The van der Waals surface area contributed by atoms with Crippen LogP contribution in [0.5, 0.6) is 0 Å². The highest BCUT2D eigenvalue weighted by Crippen LogP contribution is 2.13. The van der Waals surface area contributed by atoms with Crippen molar-refractivity contribution in [3.05, 3.63) is 47.5 Å². The number of rotatable bonds is 7. The second kappa shape index (κ2) is 10.0. The molecule has 3 rings (SSSR count). The Morgan fingerprint density at radius 2 is 1.89 bits per heavy atom. The molecule has 2 aromatic rings. The molecule has 0 spiro atoms. The van der Waals surface area contributed by atoms with Crippen molar-refractivity contribution < 1.29 is 4.74 Å². The molecule has 1 aromatic carbocycles. The monoisotopic (exact) mass is 371 g/mol. The fourth-order valence-corrected chi connectivity index (χ4v) is 3.13. The van der Waals surface area contributed by atoms with Gasteiger partial charge in [0.05, 0.1) is 19.8 Å². The van der Waals surface area contributed by atoms with Crippen molar-refractivity contribution in [1.29, 1.82) is 0 Å². The molecular formula is C19H29N7O. The fraction of sp³-hybridized carbons (Fsp3) is 0.526. The number of hydrogen-bond donors (Lipinski definition) is 2. The number of ether oxygens (including phenoxy) is 1. The lowest BCUT2D eigenvalue weighted by atomic mass is 10.1. The first-order valence-electron chi connectivity index (χ1n) is 9.48. The summed E-state index contributed by atoms with van der Waals surface area (Å²) in [4.78, 5) is 6.75. The standard InChI is InChI=1S/C19H29N7O/c1-3-26-15-23-24-18(26)13-22-19(20-2)21-12-16-6-4-5-7-17(16)14-25-8-10-27-11-9-25/h4-7,15H,3,8-14H2,1-2H3,(H2,20,21,22). The summed E-state index contributed by atoms with van der Waals surface area (Å²) in [5.41, 5.74) is 2.62. The van der Waals surface area contributed by atoms with E-state index in [9.17, 15) is 0 Å². The summed E-state index contributed by atoms with van der Waals surface area (Å²) in [5.74, 6) is 1.65. The van der Waals surface area contributed by atoms with Crippen molar-refractivity contribution >= 4 is 5.96 Å². The third kappa shape index (κ3) is 5.51. The average Bonchev–Trinajstić information content (AvgIpc) is 3.17. The number of nitrogens with zero attached hydrogens (tertiary/aromatic N) is 5. The highest BCUT2D eigenvalue weighted by Gasteiger charge is 2.13. The van der Waals surface area contributed by atoms with Crippen LogP contribution in [0.15, 0.2) is 35.6 Å². The lowest BCUT2D eigenvalue weighted by Gasteiger charge is -2.27. The lowest BCUT2D eigenvalue weighted by Crippen LogP contribution is -2.38. The highest BCUT2D eigenvalue weighted by molar-refractivity contribution is 5.79. The van der Waals surface area contributed by atoms with E-state index in [1.807, 2.05) is 4.57 Å². The van der Waals surface area contributed by atoms with Gasteiger partial charge in [0.2, 0.25) is 0 Å². The van der Waals surface area contributed by atoms with Crippen molar-refractivity contribution in [3.8, 4) is 0 Å². The zero-order chi connectivity index (χ0) is 18.9. The molecule has 1 aromatic heterocycles. The Morgan fingerprint density at radius 1 is 1.15 bits per heavy atom. The van der Waals surface area contributed by atoms with Gasteiger partial charge in [0.15, 0.2) is 11.8 Å². The first kappa shape index (κ1) is 19.3. The van der Waals surface area contributed by atoms with Gasteiger partial charge in [0.1, 0.15) is 6.33 Å². The number of hydrogen-bond acceptors (Lipinski definition) is 5. The molecule has 2 heterocycles. The summed E-state index contributed by atoms with van der Waals surface area (Å²) in [6.45, 7) is 8.80. The predicted molar refractivity (Wildman–Crippen MR) is 105 cm³/mol. The molecule has 0 atom stereocenters. The first-order chi connectivity index (χ1) is 13.3. The molecule has 2 N–H and O–H groups in total. The van der Waals surface area contributed by atoms with E-state index in [-0.39, 0.29) is 0 Å². The molecule has 0 unspecified atom stereocenters. The smallest absolute Gasteiger partial charge is 0.191 e. The van der Waals surface area contributed by atoms with E-state index in [1.165, 1.54) is 11.1 Å². The third-order valence-corrected chi connectivity index (χ3v) is 4.74. The predicted octanol–water partition coefficient (Wildman–Crippen LogP) is 0.995. The molecule has 0 amide bonds. The molecule has 0 saturated carbocycles. The maximum Gasteiger partial charge on any atom is 0.191 e. The molecule has 146 valence electrons. The SMILES string of the molecule is CCn1cnnc1CNC(=NC)NCc1ccccc1CN1CCOCC1. The average molecular weight is 371 g/mol. The second-order valence-electron chi connectivity index (χ2n) is 6.47. The molecule has 1 saturated heterocycles.